The number of pyridine rings is 1. The first-order valence-electron chi connectivity index (χ1n) is 14.6. The molecule has 0 atom stereocenters. The molecule has 15 heteroatoms. The lowest BCUT2D eigenvalue weighted by Crippen LogP contribution is -2.57. The minimum Gasteiger partial charge on any atom is -0.389 e. The maximum Gasteiger partial charge on any atom is 0.417 e. The summed E-state index contributed by atoms with van der Waals surface area (Å²) in [5, 5.41) is 15.0. The summed E-state index contributed by atoms with van der Waals surface area (Å²) in [4.78, 5) is 35.5. The molecule has 0 radical (unpaired) electrons. The average Bonchev–Trinajstić information content (AvgIpc) is 3.35. The van der Waals surface area contributed by atoms with Gasteiger partial charge in [0.1, 0.15) is 17.7 Å². The third kappa shape index (κ3) is 7.64. The number of hydrogen-bond acceptors (Lipinski definition) is 7. The zero-order chi connectivity index (χ0) is 32.7. The highest BCUT2D eigenvalue weighted by Crippen LogP contribution is 2.62. The first kappa shape index (κ1) is 33.9. The molecule has 2 aliphatic carbocycles. The van der Waals surface area contributed by atoms with Gasteiger partial charge in [0.15, 0.2) is 5.01 Å². The number of likely N-dealkylation sites (tertiary alicyclic amines) is 1. The van der Waals surface area contributed by atoms with Gasteiger partial charge in [0, 0.05) is 50.3 Å². The maximum atomic E-state index is 14.4. The van der Waals surface area contributed by atoms with E-state index in [4.69, 9.17) is 0 Å². The molecule has 244 valence electrons. The second kappa shape index (κ2) is 12.5. The molecule has 3 heterocycles. The summed E-state index contributed by atoms with van der Waals surface area (Å²) in [6, 6.07) is 0.498. The zero-order valence-corrected chi connectivity index (χ0v) is 25.8. The summed E-state index contributed by atoms with van der Waals surface area (Å²) in [6.45, 7) is 6.81. The number of piperidine rings is 1. The number of rotatable bonds is 7. The van der Waals surface area contributed by atoms with Crippen LogP contribution in [0.2, 0.25) is 0 Å². The monoisotopic (exact) mass is 649 g/mol. The molecular weight excluding hydrogens is 612 g/mol. The highest BCUT2D eigenvalue weighted by molar-refractivity contribution is 7.17. The Balaban J connectivity index is 0.00000216. The normalized spacial score (nSPS) is 19.8. The first-order valence-corrected chi connectivity index (χ1v) is 15.4. The van der Waals surface area contributed by atoms with E-state index in [-0.39, 0.29) is 72.8 Å². The largest absolute Gasteiger partial charge is 0.417 e. The summed E-state index contributed by atoms with van der Waals surface area (Å²) in [7, 11) is 0. The van der Waals surface area contributed by atoms with Crippen LogP contribution in [0.5, 0.6) is 0 Å². The second-order valence-corrected chi connectivity index (χ2v) is 13.2. The van der Waals surface area contributed by atoms with Crippen molar-refractivity contribution in [1.29, 1.82) is 0 Å². The van der Waals surface area contributed by atoms with Crippen molar-refractivity contribution in [1.82, 2.24) is 20.2 Å². The highest BCUT2D eigenvalue weighted by atomic mass is 32.1. The lowest BCUT2D eigenvalue weighted by atomic mass is 9.52. The van der Waals surface area contributed by atoms with Gasteiger partial charge >= 0.3 is 6.18 Å². The summed E-state index contributed by atoms with van der Waals surface area (Å²) in [6.07, 6.45) is -4.54. The molecule has 3 fully saturated rings. The van der Waals surface area contributed by atoms with Crippen LogP contribution in [0, 0.1) is 5.41 Å². The Labute approximate surface area is 255 Å². The number of aliphatic hydroxyl groups is 1. The van der Waals surface area contributed by atoms with Crippen LogP contribution in [0.3, 0.4) is 0 Å². The molecule has 0 bridgehead atoms. The minimum atomic E-state index is -4.88. The number of halogens is 6. The Morgan fingerprint density at radius 3 is 2.30 bits per heavy atom. The summed E-state index contributed by atoms with van der Waals surface area (Å²) >= 11 is 0.582. The quantitative estimate of drug-likeness (QED) is 0.304. The van der Waals surface area contributed by atoms with E-state index in [2.05, 4.69) is 20.6 Å². The van der Waals surface area contributed by atoms with Crippen molar-refractivity contribution in [3.63, 3.8) is 0 Å². The third-order valence-electron chi connectivity index (χ3n) is 7.85. The van der Waals surface area contributed by atoms with Crippen molar-refractivity contribution in [3.8, 4) is 10.4 Å². The molecule has 3 aliphatic rings. The van der Waals surface area contributed by atoms with E-state index in [9.17, 15) is 41.0 Å². The van der Waals surface area contributed by atoms with Gasteiger partial charge in [-0.1, -0.05) is 13.8 Å². The number of carbonyl (C=O) groups is 2. The standard InChI is InChI=1S/C27H31F6N5O3S.C2H6/c1-24(2,41)13-35-21(39)22-37-19(23(40)38-5-3-14(28)4-6-38)20(42-22)16-10-34-18(7-17(16)27(31,32)33)36-15-8-25(9-15)11-26(29,30)12-25;1-2/h7,10,14-15,41H,3-6,8-9,11-13H2,1-2H3,(H,34,36)(H,35,39);1-2H3. The number of nitrogens with one attached hydrogen (secondary N) is 2. The molecule has 44 heavy (non-hydrogen) atoms. The van der Waals surface area contributed by atoms with Crippen LogP contribution in [-0.2, 0) is 6.18 Å². The number of anilines is 1. The number of hydrogen-bond donors (Lipinski definition) is 3. The zero-order valence-electron chi connectivity index (χ0n) is 25.0. The summed E-state index contributed by atoms with van der Waals surface area (Å²) in [5.74, 6) is -4.31. The third-order valence-corrected chi connectivity index (χ3v) is 8.94. The predicted octanol–water partition coefficient (Wildman–Crippen LogP) is 6.31. The fourth-order valence-corrected chi connectivity index (χ4v) is 6.90. The molecule has 2 aromatic rings. The van der Waals surface area contributed by atoms with Crippen molar-refractivity contribution in [2.45, 2.75) is 96.1 Å². The van der Waals surface area contributed by atoms with E-state index in [0.29, 0.717) is 24.2 Å². The van der Waals surface area contributed by atoms with Gasteiger partial charge in [0.25, 0.3) is 11.8 Å². The maximum absolute atomic E-state index is 14.4. The van der Waals surface area contributed by atoms with Crippen LogP contribution in [0.4, 0.5) is 32.2 Å². The van der Waals surface area contributed by atoms with Gasteiger partial charge in [-0.3, -0.25) is 9.59 Å². The van der Waals surface area contributed by atoms with Gasteiger partial charge in [-0.15, -0.1) is 11.3 Å². The summed E-state index contributed by atoms with van der Waals surface area (Å²) in [5.41, 5.74) is -3.72. The van der Waals surface area contributed by atoms with Crippen molar-refractivity contribution in [2.24, 2.45) is 5.41 Å². The smallest absolute Gasteiger partial charge is 0.389 e. The molecular formula is C29H37F6N5O3S. The van der Waals surface area contributed by atoms with Crippen molar-refractivity contribution >= 4 is 29.0 Å². The minimum absolute atomic E-state index is 0.0409. The Bertz CT molecular complexity index is 1350. The molecule has 0 aromatic carbocycles. The number of nitrogens with zero attached hydrogens (tertiary/aromatic N) is 3. The van der Waals surface area contributed by atoms with Crippen LogP contribution in [-0.4, -0.2) is 75.2 Å². The van der Waals surface area contributed by atoms with Crippen molar-refractivity contribution < 1.29 is 41.0 Å². The van der Waals surface area contributed by atoms with Gasteiger partial charge in [0.05, 0.1) is 16.0 Å². The number of thiazole rings is 1. The van der Waals surface area contributed by atoms with Gasteiger partial charge in [-0.2, -0.15) is 13.2 Å². The van der Waals surface area contributed by atoms with Crippen LogP contribution in [0.1, 0.15) is 92.1 Å². The van der Waals surface area contributed by atoms with E-state index in [0.717, 1.165) is 12.3 Å². The van der Waals surface area contributed by atoms with Crippen LogP contribution >= 0.6 is 11.3 Å². The van der Waals surface area contributed by atoms with Crippen LogP contribution in [0.15, 0.2) is 12.3 Å². The molecule has 3 N–H and O–H groups in total. The molecule has 5 rings (SSSR count). The number of aromatic nitrogens is 2. The van der Waals surface area contributed by atoms with E-state index in [1.165, 1.54) is 18.7 Å². The Morgan fingerprint density at radius 2 is 1.75 bits per heavy atom. The fraction of sp³-hybridized carbons (Fsp3) is 0.655. The van der Waals surface area contributed by atoms with Gasteiger partial charge in [0.2, 0.25) is 5.92 Å². The van der Waals surface area contributed by atoms with E-state index in [1.54, 1.807) is 0 Å². The van der Waals surface area contributed by atoms with E-state index < -0.39 is 52.2 Å². The molecule has 8 nitrogen and oxygen atoms in total. The van der Waals surface area contributed by atoms with E-state index >= 15 is 0 Å². The first-order chi connectivity index (χ1) is 20.4. The molecule has 2 saturated carbocycles. The Hall–Kier alpha value is -2.94. The lowest BCUT2D eigenvalue weighted by Gasteiger charge is -2.57. The van der Waals surface area contributed by atoms with Crippen LogP contribution in [0.25, 0.3) is 10.4 Å². The van der Waals surface area contributed by atoms with Crippen molar-refractivity contribution in [2.75, 3.05) is 25.0 Å². The molecule has 1 saturated heterocycles. The Morgan fingerprint density at radius 1 is 1.14 bits per heavy atom. The lowest BCUT2D eigenvalue weighted by molar-refractivity contribution is -0.193. The topological polar surface area (TPSA) is 107 Å². The van der Waals surface area contributed by atoms with Gasteiger partial charge in [-0.05, 0) is 51.0 Å². The average molecular weight is 650 g/mol. The van der Waals surface area contributed by atoms with Crippen molar-refractivity contribution in [3.05, 3.63) is 28.5 Å². The Kier molecular flexibility index (Phi) is 9.61. The molecule has 1 spiro atoms. The van der Waals surface area contributed by atoms with Crippen LogP contribution < -0.4 is 10.6 Å². The number of amides is 2. The summed E-state index contributed by atoms with van der Waals surface area (Å²) < 4.78 is 83.5. The second-order valence-electron chi connectivity index (χ2n) is 12.2. The highest BCUT2D eigenvalue weighted by Gasteiger charge is 2.61. The molecule has 2 aromatic heterocycles. The number of carbonyl (C=O) groups excluding carboxylic acids is 2. The fourth-order valence-electron chi connectivity index (χ4n) is 5.90. The molecule has 0 unspecified atom stereocenters. The van der Waals surface area contributed by atoms with Gasteiger partial charge < -0.3 is 20.6 Å². The number of alkyl halides is 6. The molecule has 1 aliphatic heterocycles. The molecule has 2 amide bonds. The predicted molar refractivity (Wildman–Crippen MR) is 154 cm³/mol. The van der Waals surface area contributed by atoms with E-state index in [1.807, 2.05) is 13.8 Å². The SMILES string of the molecule is CC.CC(C)(O)CNC(=O)c1nc(C(=O)N2CCC(F)CC2)c(-c2cnc(NC3CC4(C3)CC(F)(F)C4)cc2C(F)(F)F)s1. The van der Waals surface area contributed by atoms with Gasteiger partial charge in [-0.25, -0.2) is 23.1 Å².